The van der Waals surface area contributed by atoms with Crippen molar-refractivity contribution in [2.24, 2.45) is 7.05 Å². The van der Waals surface area contributed by atoms with Crippen molar-refractivity contribution in [3.63, 3.8) is 0 Å². The lowest BCUT2D eigenvalue weighted by atomic mass is 10.1. The van der Waals surface area contributed by atoms with Crippen molar-refractivity contribution in [3.8, 4) is 0 Å². The number of hydrogen-bond acceptors (Lipinski definition) is 2. The Labute approximate surface area is 133 Å². The van der Waals surface area contributed by atoms with Crippen LogP contribution in [0.1, 0.15) is 10.4 Å². The molecule has 4 nitrogen and oxygen atoms in total. The zero-order valence-electron chi connectivity index (χ0n) is 12.7. The Balaban J connectivity index is 1.77. The summed E-state index contributed by atoms with van der Waals surface area (Å²) in [6.45, 7) is 0. The summed E-state index contributed by atoms with van der Waals surface area (Å²) in [6.07, 6.45) is 3.59. The van der Waals surface area contributed by atoms with E-state index in [2.05, 4.69) is 10.3 Å². The van der Waals surface area contributed by atoms with E-state index >= 15 is 0 Å². The first kappa shape index (κ1) is 13.5. The van der Waals surface area contributed by atoms with Crippen LogP contribution in [0.25, 0.3) is 21.8 Å². The maximum atomic E-state index is 12.7. The Kier molecular flexibility index (Phi) is 3.08. The van der Waals surface area contributed by atoms with E-state index in [4.69, 9.17) is 0 Å². The second kappa shape index (κ2) is 5.25. The number of rotatable bonds is 2. The fraction of sp³-hybridized carbons (Fsp3) is 0.0526. The molecule has 0 aliphatic carbocycles. The summed E-state index contributed by atoms with van der Waals surface area (Å²) in [4.78, 5) is 17.1. The van der Waals surface area contributed by atoms with E-state index in [1.54, 1.807) is 6.20 Å². The SMILES string of the molecule is Cn1cc(C(=O)Nc2cccc3cccnc23)c2ccccc21. The highest BCUT2D eigenvalue weighted by atomic mass is 16.1. The van der Waals surface area contributed by atoms with Gasteiger partial charge in [0.15, 0.2) is 0 Å². The molecule has 0 saturated carbocycles. The van der Waals surface area contributed by atoms with Gasteiger partial charge in [-0.3, -0.25) is 9.78 Å². The number of amides is 1. The largest absolute Gasteiger partial charge is 0.350 e. The summed E-state index contributed by atoms with van der Waals surface area (Å²) in [5, 5.41) is 4.94. The van der Waals surface area contributed by atoms with Gasteiger partial charge in [-0.15, -0.1) is 0 Å². The number of aryl methyl sites for hydroxylation is 1. The van der Waals surface area contributed by atoms with Crippen LogP contribution >= 0.6 is 0 Å². The molecule has 4 aromatic rings. The van der Waals surface area contributed by atoms with Crippen molar-refractivity contribution >= 4 is 33.4 Å². The van der Waals surface area contributed by atoms with Crippen molar-refractivity contribution in [1.29, 1.82) is 0 Å². The lowest BCUT2D eigenvalue weighted by molar-refractivity contribution is 0.102. The number of aromatic nitrogens is 2. The molecule has 0 unspecified atom stereocenters. The molecule has 0 aliphatic heterocycles. The molecule has 1 amide bonds. The zero-order valence-corrected chi connectivity index (χ0v) is 12.7. The molecule has 0 aliphatic rings. The molecule has 2 aromatic heterocycles. The van der Waals surface area contributed by atoms with Crippen LogP contribution in [0.15, 0.2) is 67.0 Å². The highest BCUT2D eigenvalue weighted by molar-refractivity contribution is 6.14. The number of para-hydroxylation sites is 2. The standard InChI is InChI=1S/C19H15N3O/c1-22-12-15(14-8-2-3-10-17(14)22)19(23)21-16-9-4-6-13-7-5-11-20-18(13)16/h2-12H,1H3,(H,21,23). The quantitative estimate of drug-likeness (QED) is 0.609. The fourth-order valence-corrected chi connectivity index (χ4v) is 2.92. The lowest BCUT2D eigenvalue weighted by Crippen LogP contribution is -2.12. The average Bonchev–Trinajstić information content (AvgIpc) is 2.93. The van der Waals surface area contributed by atoms with Gasteiger partial charge in [0.25, 0.3) is 5.91 Å². The molecular formula is C19H15N3O. The number of hydrogen-bond donors (Lipinski definition) is 1. The van der Waals surface area contributed by atoms with Crippen LogP contribution in [0.4, 0.5) is 5.69 Å². The van der Waals surface area contributed by atoms with E-state index in [0.717, 1.165) is 27.5 Å². The number of carbonyl (C=O) groups excluding carboxylic acids is 1. The molecule has 0 bridgehead atoms. The molecule has 0 fully saturated rings. The topological polar surface area (TPSA) is 46.9 Å². The van der Waals surface area contributed by atoms with E-state index in [0.29, 0.717) is 5.56 Å². The number of nitrogens with one attached hydrogen (secondary N) is 1. The third kappa shape index (κ3) is 2.25. The predicted molar refractivity (Wildman–Crippen MR) is 92.6 cm³/mol. The van der Waals surface area contributed by atoms with Gasteiger partial charge in [0.2, 0.25) is 0 Å². The summed E-state index contributed by atoms with van der Waals surface area (Å²) in [6, 6.07) is 17.5. The summed E-state index contributed by atoms with van der Waals surface area (Å²) >= 11 is 0. The lowest BCUT2D eigenvalue weighted by Gasteiger charge is -2.07. The molecule has 2 heterocycles. The van der Waals surface area contributed by atoms with E-state index in [-0.39, 0.29) is 5.91 Å². The smallest absolute Gasteiger partial charge is 0.257 e. The Morgan fingerprint density at radius 2 is 1.87 bits per heavy atom. The number of benzene rings is 2. The highest BCUT2D eigenvalue weighted by Gasteiger charge is 2.14. The third-order valence-electron chi connectivity index (χ3n) is 4.02. The second-order valence-electron chi connectivity index (χ2n) is 5.51. The first-order chi connectivity index (χ1) is 11.2. The summed E-state index contributed by atoms with van der Waals surface area (Å²) in [7, 11) is 1.94. The molecule has 2 aromatic carbocycles. The molecule has 23 heavy (non-hydrogen) atoms. The predicted octanol–water partition coefficient (Wildman–Crippen LogP) is 3.98. The van der Waals surface area contributed by atoms with Gasteiger partial charge < -0.3 is 9.88 Å². The monoisotopic (exact) mass is 301 g/mol. The van der Waals surface area contributed by atoms with Crippen LogP contribution in [0.3, 0.4) is 0 Å². The van der Waals surface area contributed by atoms with Gasteiger partial charge >= 0.3 is 0 Å². The molecule has 4 heteroatoms. The van der Waals surface area contributed by atoms with Gasteiger partial charge in [0.1, 0.15) is 0 Å². The van der Waals surface area contributed by atoms with Gasteiger partial charge in [-0.25, -0.2) is 0 Å². The molecule has 0 saturated heterocycles. The summed E-state index contributed by atoms with van der Waals surface area (Å²) < 4.78 is 1.96. The molecule has 0 spiro atoms. The first-order valence-corrected chi connectivity index (χ1v) is 7.43. The zero-order chi connectivity index (χ0) is 15.8. The van der Waals surface area contributed by atoms with E-state index in [9.17, 15) is 4.79 Å². The van der Waals surface area contributed by atoms with Crippen LogP contribution in [0.2, 0.25) is 0 Å². The van der Waals surface area contributed by atoms with Crippen molar-refractivity contribution in [2.75, 3.05) is 5.32 Å². The van der Waals surface area contributed by atoms with Crippen molar-refractivity contribution in [1.82, 2.24) is 9.55 Å². The van der Waals surface area contributed by atoms with Gasteiger partial charge in [-0.05, 0) is 18.2 Å². The number of fused-ring (bicyclic) bond motifs is 2. The number of anilines is 1. The second-order valence-corrected chi connectivity index (χ2v) is 5.51. The van der Waals surface area contributed by atoms with Crippen LogP contribution in [0, 0.1) is 0 Å². The molecule has 4 rings (SSSR count). The van der Waals surface area contributed by atoms with Gasteiger partial charge in [0.05, 0.1) is 16.8 Å². The Hall–Kier alpha value is -3.14. The van der Waals surface area contributed by atoms with E-state index < -0.39 is 0 Å². The summed E-state index contributed by atoms with van der Waals surface area (Å²) in [5.41, 5.74) is 3.22. The van der Waals surface area contributed by atoms with Crippen LogP contribution in [0.5, 0.6) is 0 Å². The number of pyridine rings is 1. The Morgan fingerprint density at radius 3 is 2.78 bits per heavy atom. The summed E-state index contributed by atoms with van der Waals surface area (Å²) in [5.74, 6) is -0.125. The molecule has 0 radical (unpaired) electrons. The third-order valence-corrected chi connectivity index (χ3v) is 4.02. The Morgan fingerprint density at radius 1 is 1.04 bits per heavy atom. The maximum absolute atomic E-state index is 12.7. The highest BCUT2D eigenvalue weighted by Crippen LogP contribution is 2.24. The van der Waals surface area contributed by atoms with E-state index in [1.807, 2.05) is 72.4 Å². The van der Waals surface area contributed by atoms with Crippen LogP contribution < -0.4 is 5.32 Å². The molecule has 112 valence electrons. The van der Waals surface area contributed by atoms with Crippen molar-refractivity contribution < 1.29 is 4.79 Å². The minimum atomic E-state index is -0.125. The molecule has 1 N–H and O–H groups in total. The normalized spacial score (nSPS) is 11.0. The Bertz CT molecular complexity index is 1030. The number of nitrogens with zero attached hydrogens (tertiary/aromatic N) is 2. The maximum Gasteiger partial charge on any atom is 0.257 e. The molecular weight excluding hydrogens is 286 g/mol. The molecule has 0 atom stereocenters. The van der Waals surface area contributed by atoms with E-state index in [1.165, 1.54) is 0 Å². The van der Waals surface area contributed by atoms with Crippen LogP contribution in [-0.4, -0.2) is 15.5 Å². The van der Waals surface area contributed by atoms with Gasteiger partial charge in [0, 0.05) is 35.7 Å². The van der Waals surface area contributed by atoms with Gasteiger partial charge in [-0.1, -0.05) is 36.4 Å². The average molecular weight is 301 g/mol. The number of carbonyl (C=O) groups is 1. The fourth-order valence-electron chi connectivity index (χ4n) is 2.92. The minimum absolute atomic E-state index is 0.125. The van der Waals surface area contributed by atoms with Gasteiger partial charge in [-0.2, -0.15) is 0 Å². The van der Waals surface area contributed by atoms with Crippen LogP contribution in [-0.2, 0) is 7.05 Å². The van der Waals surface area contributed by atoms with Crippen molar-refractivity contribution in [2.45, 2.75) is 0 Å². The first-order valence-electron chi connectivity index (χ1n) is 7.43. The minimum Gasteiger partial charge on any atom is -0.350 e. The van der Waals surface area contributed by atoms with Crippen molar-refractivity contribution in [3.05, 3.63) is 72.6 Å².